The molecule has 0 saturated carbocycles. The van der Waals surface area contributed by atoms with Crippen LogP contribution in [0.3, 0.4) is 0 Å². The molecular formula is C19H25N3O2. The number of hydrogen-bond donors (Lipinski definition) is 1. The number of fused-ring (bicyclic) bond motifs is 1. The smallest absolute Gasteiger partial charge is 0.229 e. The minimum Gasteiger partial charge on any atom is -0.492 e. The predicted molar refractivity (Wildman–Crippen MR) is 93.2 cm³/mol. The number of carbonyl (C=O) groups is 1. The highest BCUT2D eigenvalue weighted by atomic mass is 16.5. The maximum Gasteiger partial charge on any atom is 0.229 e. The van der Waals surface area contributed by atoms with Crippen molar-refractivity contribution >= 4 is 5.91 Å². The minimum atomic E-state index is -0.0812. The van der Waals surface area contributed by atoms with Crippen molar-refractivity contribution in [3.8, 4) is 5.75 Å². The van der Waals surface area contributed by atoms with Crippen molar-refractivity contribution in [2.45, 2.75) is 33.1 Å². The van der Waals surface area contributed by atoms with Gasteiger partial charge in [0.15, 0.2) is 0 Å². The molecule has 0 bridgehead atoms. The monoisotopic (exact) mass is 327 g/mol. The van der Waals surface area contributed by atoms with Gasteiger partial charge in [0.2, 0.25) is 5.91 Å². The summed E-state index contributed by atoms with van der Waals surface area (Å²) in [5.41, 5.74) is 4.57. The third kappa shape index (κ3) is 3.45. The lowest BCUT2D eigenvalue weighted by molar-refractivity contribution is -0.135. The lowest BCUT2D eigenvalue weighted by atomic mass is 9.95. The molecule has 128 valence electrons. The van der Waals surface area contributed by atoms with Crippen molar-refractivity contribution < 1.29 is 9.53 Å². The molecule has 0 radical (unpaired) electrons. The lowest BCUT2D eigenvalue weighted by Gasteiger charge is -2.28. The molecule has 0 unspecified atom stereocenters. The van der Waals surface area contributed by atoms with Crippen molar-refractivity contribution in [2.75, 3.05) is 20.2 Å². The van der Waals surface area contributed by atoms with Gasteiger partial charge in [-0.15, -0.1) is 0 Å². The second-order valence-corrected chi connectivity index (χ2v) is 6.60. The summed E-state index contributed by atoms with van der Waals surface area (Å²) in [6.45, 7) is 5.28. The summed E-state index contributed by atoms with van der Waals surface area (Å²) in [5.74, 6) is 1.00. The molecule has 1 atom stereocenters. The van der Waals surface area contributed by atoms with E-state index in [1.165, 1.54) is 5.56 Å². The molecule has 0 saturated heterocycles. The zero-order chi connectivity index (χ0) is 17.1. The van der Waals surface area contributed by atoms with Gasteiger partial charge in [0, 0.05) is 19.3 Å². The summed E-state index contributed by atoms with van der Waals surface area (Å²) in [4.78, 5) is 14.5. The van der Waals surface area contributed by atoms with Crippen LogP contribution in [-0.2, 0) is 17.6 Å². The van der Waals surface area contributed by atoms with E-state index >= 15 is 0 Å². The van der Waals surface area contributed by atoms with Gasteiger partial charge in [-0.1, -0.05) is 18.2 Å². The molecule has 3 rings (SSSR count). The van der Waals surface area contributed by atoms with E-state index in [4.69, 9.17) is 4.74 Å². The van der Waals surface area contributed by atoms with E-state index in [0.29, 0.717) is 6.61 Å². The fourth-order valence-corrected chi connectivity index (χ4v) is 3.34. The van der Waals surface area contributed by atoms with Crippen molar-refractivity contribution in [3.05, 3.63) is 46.8 Å². The summed E-state index contributed by atoms with van der Waals surface area (Å²) >= 11 is 0. The molecule has 1 N–H and O–H groups in total. The fourth-order valence-electron chi connectivity index (χ4n) is 3.34. The first-order valence-corrected chi connectivity index (χ1v) is 8.52. The molecule has 1 aromatic heterocycles. The molecule has 0 fully saturated rings. The molecule has 1 aromatic carbocycles. The number of aryl methyl sites for hydroxylation is 2. The number of ether oxygens (including phenoxy) is 1. The van der Waals surface area contributed by atoms with E-state index in [1.807, 2.05) is 50.1 Å². The van der Waals surface area contributed by atoms with Crippen LogP contribution >= 0.6 is 0 Å². The average molecular weight is 327 g/mol. The van der Waals surface area contributed by atoms with Crippen LogP contribution in [0.1, 0.15) is 28.9 Å². The minimum absolute atomic E-state index is 0.0812. The highest BCUT2D eigenvalue weighted by molar-refractivity contribution is 5.79. The second-order valence-electron chi connectivity index (χ2n) is 6.60. The number of aromatic amines is 1. The van der Waals surface area contributed by atoms with Crippen LogP contribution in [0.5, 0.6) is 5.75 Å². The number of nitrogens with zero attached hydrogens (tertiary/aromatic N) is 2. The van der Waals surface area contributed by atoms with E-state index in [0.717, 1.165) is 48.5 Å². The van der Waals surface area contributed by atoms with Gasteiger partial charge in [-0.25, -0.2) is 0 Å². The topological polar surface area (TPSA) is 58.2 Å². The average Bonchev–Trinajstić information content (AvgIpc) is 2.92. The number of hydrogen-bond acceptors (Lipinski definition) is 3. The normalized spacial score (nSPS) is 16.4. The Morgan fingerprint density at radius 1 is 1.38 bits per heavy atom. The Morgan fingerprint density at radius 2 is 2.17 bits per heavy atom. The van der Waals surface area contributed by atoms with Crippen LogP contribution < -0.4 is 4.74 Å². The molecule has 5 nitrogen and oxygen atoms in total. The highest BCUT2D eigenvalue weighted by Crippen LogP contribution is 2.27. The standard InChI is InChI=1S/C19H25N3O2/c1-13-17(14(2)21-20-13)8-6-10-22(3)19(23)16-11-15-7-4-5-9-18(15)24-12-16/h4-5,7,9,16H,6,8,10-12H2,1-3H3,(H,20,21)/t16-/m1/s1. The molecule has 0 spiro atoms. The largest absolute Gasteiger partial charge is 0.492 e. The van der Waals surface area contributed by atoms with Gasteiger partial charge in [0.05, 0.1) is 11.6 Å². The number of amides is 1. The van der Waals surface area contributed by atoms with E-state index < -0.39 is 0 Å². The Morgan fingerprint density at radius 3 is 2.92 bits per heavy atom. The van der Waals surface area contributed by atoms with Crippen LogP contribution in [0.4, 0.5) is 0 Å². The van der Waals surface area contributed by atoms with Gasteiger partial charge < -0.3 is 9.64 Å². The van der Waals surface area contributed by atoms with E-state index in [2.05, 4.69) is 10.2 Å². The van der Waals surface area contributed by atoms with E-state index in [1.54, 1.807) is 0 Å². The Kier molecular flexibility index (Phi) is 4.88. The Balaban J connectivity index is 1.52. The van der Waals surface area contributed by atoms with Crippen LogP contribution in [0.2, 0.25) is 0 Å². The Hall–Kier alpha value is -2.30. The molecule has 1 aliphatic rings. The van der Waals surface area contributed by atoms with Gasteiger partial charge in [-0.2, -0.15) is 5.10 Å². The van der Waals surface area contributed by atoms with Crippen LogP contribution in [-0.4, -0.2) is 41.2 Å². The Bertz CT molecular complexity index is 704. The zero-order valence-corrected chi connectivity index (χ0v) is 14.6. The van der Waals surface area contributed by atoms with Crippen LogP contribution in [0, 0.1) is 19.8 Å². The number of nitrogens with one attached hydrogen (secondary N) is 1. The number of carbonyl (C=O) groups excluding carboxylic acids is 1. The first kappa shape index (κ1) is 16.6. The quantitative estimate of drug-likeness (QED) is 0.918. The number of para-hydroxylation sites is 1. The summed E-state index contributed by atoms with van der Waals surface area (Å²) in [7, 11) is 1.89. The van der Waals surface area contributed by atoms with Crippen molar-refractivity contribution in [2.24, 2.45) is 5.92 Å². The summed E-state index contributed by atoms with van der Waals surface area (Å²) in [6.07, 6.45) is 2.64. The molecule has 1 amide bonds. The lowest BCUT2D eigenvalue weighted by Crippen LogP contribution is -2.39. The van der Waals surface area contributed by atoms with Gasteiger partial charge in [-0.05, 0) is 50.3 Å². The molecule has 2 heterocycles. The maximum atomic E-state index is 12.7. The first-order valence-electron chi connectivity index (χ1n) is 8.52. The maximum absolute atomic E-state index is 12.7. The summed E-state index contributed by atoms with van der Waals surface area (Å²) in [5, 5.41) is 7.23. The predicted octanol–water partition coefficient (Wildman–Crippen LogP) is 2.67. The van der Waals surface area contributed by atoms with Gasteiger partial charge in [0.25, 0.3) is 0 Å². The molecule has 0 aliphatic carbocycles. The molecule has 5 heteroatoms. The van der Waals surface area contributed by atoms with Crippen molar-refractivity contribution in [1.29, 1.82) is 0 Å². The second kappa shape index (κ2) is 7.07. The van der Waals surface area contributed by atoms with Crippen LogP contribution in [0.15, 0.2) is 24.3 Å². The Labute approximate surface area is 143 Å². The zero-order valence-electron chi connectivity index (χ0n) is 14.6. The number of H-pyrrole nitrogens is 1. The van der Waals surface area contributed by atoms with Gasteiger partial charge >= 0.3 is 0 Å². The molecule has 2 aromatic rings. The first-order chi connectivity index (χ1) is 11.6. The summed E-state index contributed by atoms with van der Waals surface area (Å²) < 4.78 is 5.74. The molecular weight excluding hydrogens is 302 g/mol. The van der Waals surface area contributed by atoms with Gasteiger partial charge in [-0.3, -0.25) is 9.89 Å². The third-order valence-corrected chi connectivity index (χ3v) is 4.81. The summed E-state index contributed by atoms with van der Waals surface area (Å²) in [6, 6.07) is 7.97. The highest BCUT2D eigenvalue weighted by Gasteiger charge is 2.27. The number of rotatable bonds is 5. The molecule has 24 heavy (non-hydrogen) atoms. The number of aromatic nitrogens is 2. The van der Waals surface area contributed by atoms with Gasteiger partial charge in [0.1, 0.15) is 12.4 Å². The molecule has 1 aliphatic heterocycles. The number of benzene rings is 1. The van der Waals surface area contributed by atoms with E-state index in [9.17, 15) is 4.79 Å². The third-order valence-electron chi connectivity index (χ3n) is 4.81. The SMILES string of the molecule is Cc1n[nH]c(C)c1CCCN(C)C(=O)[C@H]1COc2ccccc2C1. The van der Waals surface area contributed by atoms with Crippen LogP contribution in [0.25, 0.3) is 0 Å². The fraction of sp³-hybridized carbons (Fsp3) is 0.474. The van der Waals surface area contributed by atoms with Crippen molar-refractivity contribution in [3.63, 3.8) is 0 Å². The van der Waals surface area contributed by atoms with E-state index in [-0.39, 0.29) is 11.8 Å². The van der Waals surface area contributed by atoms with Crippen molar-refractivity contribution in [1.82, 2.24) is 15.1 Å².